The van der Waals surface area contributed by atoms with Crippen LogP contribution in [0.25, 0.3) is 12.2 Å². The van der Waals surface area contributed by atoms with E-state index in [0.717, 1.165) is 0 Å². The summed E-state index contributed by atoms with van der Waals surface area (Å²) >= 11 is -2.35. The van der Waals surface area contributed by atoms with E-state index in [-0.39, 0.29) is 24.8 Å². The Morgan fingerprint density at radius 3 is 1.26 bits per heavy atom. The summed E-state index contributed by atoms with van der Waals surface area (Å²) in [5.41, 5.74) is 12.1. The number of halogens is 2. The second-order valence-corrected chi connectivity index (χ2v) is 26.4. The number of rotatable bonds is 5. The molecule has 2 aliphatic carbocycles. The summed E-state index contributed by atoms with van der Waals surface area (Å²) in [5, 5.41) is 3.25. The van der Waals surface area contributed by atoms with Crippen molar-refractivity contribution in [3.8, 4) is 0 Å². The Labute approximate surface area is 249 Å². The van der Waals surface area contributed by atoms with Crippen molar-refractivity contribution in [2.75, 3.05) is 0 Å². The summed E-state index contributed by atoms with van der Waals surface area (Å²) in [6.45, 7) is 9.26. The summed E-state index contributed by atoms with van der Waals surface area (Å²) in [7, 11) is 0. The van der Waals surface area contributed by atoms with Gasteiger partial charge in [0.05, 0.1) is 0 Å². The van der Waals surface area contributed by atoms with Crippen LogP contribution in [0, 0.1) is 27.7 Å². The van der Waals surface area contributed by atoms with Gasteiger partial charge in [-0.3, -0.25) is 0 Å². The number of fused-ring (bicyclic) bond motifs is 2. The molecule has 0 bridgehead atoms. The molecule has 0 spiro atoms. The van der Waals surface area contributed by atoms with Crippen molar-refractivity contribution in [1.82, 2.24) is 0 Å². The normalized spacial score (nSPS) is 16.6. The molecule has 0 radical (unpaired) electrons. The Morgan fingerprint density at radius 2 is 0.868 bits per heavy atom. The molecule has 0 fully saturated rings. The second kappa shape index (κ2) is 12.1. The van der Waals surface area contributed by atoms with Gasteiger partial charge in [-0.05, 0) is 0 Å². The second-order valence-electron chi connectivity index (χ2n) is 10.5. The molecule has 0 N–H and O–H groups in total. The zero-order valence-corrected chi connectivity index (χ0v) is 27.5. The van der Waals surface area contributed by atoms with E-state index in [1.807, 2.05) is 0 Å². The largest absolute Gasteiger partial charge is 1.00 e. The molecule has 0 saturated carbocycles. The van der Waals surface area contributed by atoms with Gasteiger partial charge in [0.15, 0.2) is 0 Å². The van der Waals surface area contributed by atoms with Gasteiger partial charge < -0.3 is 24.8 Å². The minimum absolute atomic E-state index is 0. The SMILES string of the molecule is Cc1ccc(C)c2c1C=C[CH]2[Zr+2]([CH]1C=Cc2c(C)ccc(C)c21)[SiH](c1ccccc1)c1ccccc1.[Cl-].[Cl-]. The molecule has 4 heteroatoms. The topological polar surface area (TPSA) is 0 Å². The molecule has 38 heavy (non-hydrogen) atoms. The van der Waals surface area contributed by atoms with Gasteiger partial charge in [-0.15, -0.1) is 0 Å². The predicted molar refractivity (Wildman–Crippen MR) is 155 cm³/mol. The first-order chi connectivity index (χ1) is 17.5. The first kappa shape index (κ1) is 29.0. The fourth-order valence-corrected chi connectivity index (χ4v) is 32.8. The van der Waals surface area contributed by atoms with Crippen molar-refractivity contribution in [2.45, 2.75) is 34.9 Å². The number of allylic oxidation sites excluding steroid dienone is 2. The molecule has 2 aliphatic rings. The summed E-state index contributed by atoms with van der Waals surface area (Å²) in [5.74, 6) is -1.47. The van der Waals surface area contributed by atoms with Gasteiger partial charge in [0.1, 0.15) is 0 Å². The average molecular weight is 632 g/mol. The Bertz CT molecular complexity index is 1380. The third-order valence-electron chi connectivity index (χ3n) is 8.30. The van der Waals surface area contributed by atoms with Gasteiger partial charge in [-0.2, -0.15) is 0 Å². The number of hydrogen-bond acceptors (Lipinski definition) is 0. The van der Waals surface area contributed by atoms with Crippen molar-refractivity contribution in [1.29, 1.82) is 0 Å². The Balaban J connectivity index is 0.00000168. The van der Waals surface area contributed by atoms with E-state index < -0.39 is 26.8 Å². The molecular weight excluding hydrogens is 599 g/mol. The van der Waals surface area contributed by atoms with Crippen LogP contribution in [0.3, 0.4) is 0 Å². The van der Waals surface area contributed by atoms with Gasteiger partial charge >= 0.3 is 226 Å². The van der Waals surface area contributed by atoms with E-state index in [1.54, 1.807) is 21.5 Å². The molecule has 0 heterocycles. The van der Waals surface area contributed by atoms with E-state index in [1.165, 1.54) is 33.4 Å². The monoisotopic (exact) mass is 629 g/mol. The third kappa shape index (κ3) is 5.02. The summed E-state index contributed by atoms with van der Waals surface area (Å²) < 4.78 is 1.19. The maximum atomic E-state index is 2.63. The molecule has 0 aliphatic heterocycles. The van der Waals surface area contributed by atoms with Crippen LogP contribution in [0.15, 0.2) is 97.1 Å². The molecule has 6 rings (SSSR count). The van der Waals surface area contributed by atoms with Gasteiger partial charge in [0, 0.05) is 0 Å². The molecule has 0 amide bonds. The minimum atomic E-state index is -2.35. The molecule has 4 aromatic rings. The quantitative estimate of drug-likeness (QED) is 0.288. The summed E-state index contributed by atoms with van der Waals surface area (Å²) in [6, 6.07) is 32.5. The van der Waals surface area contributed by atoms with Crippen LogP contribution in [-0.2, 0) is 20.9 Å². The first-order valence-corrected chi connectivity index (χ1v) is 21.9. The van der Waals surface area contributed by atoms with Gasteiger partial charge in [0.2, 0.25) is 0 Å². The number of aryl methyl sites for hydroxylation is 4. The molecule has 191 valence electrons. The average Bonchev–Trinajstić information content (AvgIpc) is 3.55. The maximum Gasteiger partial charge on any atom is -1.00 e. The smallest absolute Gasteiger partial charge is 1.00 e. The van der Waals surface area contributed by atoms with Crippen LogP contribution in [0.4, 0.5) is 0 Å². The fourth-order valence-electron chi connectivity index (χ4n) is 6.53. The Morgan fingerprint density at radius 1 is 0.500 bits per heavy atom. The fraction of sp³-hybridized carbons (Fsp3) is 0.176. The standard InChI is InChI=1S/C12H11Si.2C11H11.2ClH.Zr/c1-3-7-11(8-4-1)13-12-9-5-2-6-10-12;2*1-8-6-7-9(2)11-5-3-4-10(8)11;;;/h1-10,13H;2*3-7H,1-2H3;2*1H;/q;;;;;+2/p-2. The van der Waals surface area contributed by atoms with Crippen LogP contribution in [0.1, 0.15) is 51.8 Å². The summed E-state index contributed by atoms with van der Waals surface area (Å²) in [4.78, 5) is 0. The van der Waals surface area contributed by atoms with E-state index in [9.17, 15) is 0 Å². The van der Waals surface area contributed by atoms with Crippen molar-refractivity contribution in [3.05, 3.63) is 142 Å². The predicted octanol–water partition coefficient (Wildman–Crippen LogP) is 0.921. The van der Waals surface area contributed by atoms with Crippen molar-refractivity contribution in [3.63, 3.8) is 0 Å². The van der Waals surface area contributed by atoms with Crippen LogP contribution in [-0.4, -0.2) is 5.92 Å². The zero-order chi connectivity index (χ0) is 24.8. The summed E-state index contributed by atoms with van der Waals surface area (Å²) in [6.07, 6.45) is 10.2. The number of benzene rings is 4. The Hall–Kier alpha value is -1.96. The van der Waals surface area contributed by atoms with Crippen molar-refractivity contribution in [2.24, 2.45) is 0 Å². The molecule has 2 unspecified atom stereocenters. The van der Waals surface area contributed by atoms with E-state index in [0.29, 0.717) is 7.25 Å². The molecule has 4 aromatic carbocycles. The van der Waals surface area contributed by atoms with Gasteiger partial charge in [-0.25, -0.2) is 0 Å². The molecule has 0 nitrogen and oxygen atoms in total. The molecular formula is C34H33Cl2SiZr. The molecule has 0 aromatic heterocycles. The molecule has 2 atom stereocenters. The van der Waals surface area contributed by atoms with E-state index >= 15 is 0 Å². The van der Waals surface area contributed by atoms with Crippen molar-refractivity contribution >= 4 is 28.4 Å². The Kier molecular flexibility index (Phi) is 9.21. The van der Waals surface area contributed by atoms with Crippen LogP contribution in [0.2, 0.25) is 0 Å². The third-order valence-corrected chi connectivity index (χ3v) is 31.0. The maximum absolute atomic E-state index is 2.63. The van der Waals surface area contributed by atoms with Crippen LogP contribution in [0.5, 0.6) is 0 Å². The van der Waals surface area contributed by atoms with Crippen LogP contribution >= 0.6 is 0 Å². The van der Waals surface area contributed by atoms with Gasteiger partial charge in [0.25, 0.3) is 0 Å². The first-order valence-electron chi connectivity index (χ1n) is 13.1. The minimum Gasteiger partial charge on any atom is -1.00 e. The molecule has 0 saturated heterocycles. The van der Waals surface area contributed by atoms with Crippen molar-refractivity contribution < 1.29 is 45.7 Å². The van der Waals surface area contributed by atoms with E-state index in [2.05, 4.69) is 137 Å². The van der Waals surface area contributed by atoms with Gasteiger partial charge in [-0.1, -0.05) is 0 Å². The zero-order valence-electron chi connectivity index (χ0n) is 22.4. The van der Waals surface area contributed by atoms with E-state index in [4.69, 9.17) is 0 Å². The van der Waals surface area contributed by atoms with Crippen LogP contribution < -0.4 is 35.2 Å². The number of hydrogen-bond donors (Lipinski definition) is 0.